The SMILES string of the molecule is CCCC(CCC)Cc1cccc(CC)c1. The molecule has 0 radical (unpaired) electrons. The molecule has 0 aliphatic rings. The van der Waals surface area contributed by atoms with Crippen LogP contribution < -0.4 is 0 Å². The minimum absolute atomic E-state index is 0.891. The Hall–Kier alpha value is -0.780. The maximum absolute atomic E-state index is 2.39. The normalized spacial score (nSPS) is 11.0. The van der Waals surface area contributed by atoms with Gasteiger partial charge in [-0.15, -0.1) is 0 Å². The van der Waals surface area contributed by atoms with Crippen LogP contribution >= 0.6 is 0 Å². The first-order valence-electron chi connectivity index (χ1n) is 6.87. The summed E-state index contributed by atoms with van der Waals surface area (Å²) in [6.45, 7) is 6.82. The van der Waals surface area contributed by atoms with Gasteiger partial charge in [-0.1, -0.05) is 70.7 Å². The van der Waals surface area contributed by atoms with E-state index in [9.17, 15) is 0 Å². The number of hydrogen-bond acceptors (Lipinski definition) is 0. The van der Waals surface area contributed by atoms with Crippen molar-refractivity contribution in [3.8, 4) is 0 Å². The summed E-state index contributed by atoms with van der Waals surface area (Å²) in [4.78, 5) is 0. The van der Waals surface area contributed by atoms with Crippen molar-refractivity contribution >= 4 is 0 Å². The maximum atomic E-state index is 2.39. The molecule has 0 saturated carbocycles. The van der Waals surface area contributed by atoms with E-state index in [0.717, 1.165) is 12.3 Å². The fraction of sp³-hybridized carbons (Fsp3) is 0.625. The van der Waals surface area contributed by atoms with Gasteiger partial charge >= 0.3 is 0 Å². The monoisotopic (exact) mass is 218 g/mol. The Morgan fingerprint density at radius 2 is 1.56 bits per heavy atom. The summed E-state index contributed by atoms with van der Waals surface area (Å²) >= 11 is 0. The Balaban J connectivity index is 2.60. The second-order valence-corrected chi connectivity index (χ2v) is 4.82. The average molecular weight is 218 g/mol. The molecule has 0 unspecified atom stereocenters. The van der Waals surface area contributed by atoms with Crippen LogP contribution in [0, 0.1) is 5.92 Å². The minimum atomic E-state index is 0.891. The number of aryl methyl sites for hydroxylation is 1. The molecule has 0 aliphatic carbocycles. The summed E-state index contributed by atoms with van der Waals surface area (Å²) in [5.74, 6) is 0.891. The first-order chi connectivity index (χ1) is 7.80. The van der Waals surface area contributed by atoms with Crippen molar-refractivity contribution in [3.63, 3.8) is 0 Å². The molecule has 0 spiro atoms. The highest BCUT2D eigenvalue weighted by Crippen LogP contribution is 2.20. The Morgan fingerprint density at radius 3 is 2.12 bits per heavy atom. The van der Waals surface area contributed by atoms with Crippen LogP contribution in [0.2, 0.25) is 0 Å². The molecule has 0 fully saturated rings. The summed E-state index contributed by atoms with van der Waals surface area (Å²) in [5.41, 5.74) is 3.01. The van der Waals surface area contributed by atoms with E-state index in [1.54, 1.807) is 0 Å². The molecular formula is C16H26. The maximum Gasteiger partial charge on any atom is -0.0250 e. The van der Waals surface area contributed by atoms with E-state index in [0.29, 0.717) is 0 Å². The van der Waals surface area contributed by atoms with E-state index in [1.807, 2.05) is 0 Å². The van der Waals surface area contributed by atoms with Crippen LogP contribution in [0.1, 0.15) is 57.6 Å². The van der Waals surface area contributed by atoms with E-state index in [2.05, 4.69) is 45.0 Å². The van der Waals surface area contributed by atoms with Crippen molar-refractivity contribution in [1.29, 1.82) is 0 Å². The third-order valence-corrected chi connectivity index (χ3v) is 3.32. The highest BCUT2D eigenvalue weighted by molar-refractivity contribution is 5.23. The molecule has 0 aliphatic heterocycles. The molecule has 1 aromatic carbocycles. The molecule has 16 heavy (non-hydrogen) atoms. The van der Waals surface area contributed by atoms with E-state index in [1.165, 1.54) is 43.2 Å². The summed E-state index contributed by atoms with van der Waals surface area (Å²) in [6.07, 6.45) is 7.82. The van der Waals surface area contributed by atoms with Crippen LogP contribution in [0.4, 0.5) is 0 Å². The zero-order valence-corrected chi connectivity index (χ0v) is 11.1. The molecule has 0 amide bonds. The van der Waals surface area contributed by atoms with Gasteiger partial charge in [0.05, 0.1) is 0 Å². The number of hydrogen-bond donors (Lipinski definition) is 0. The van der Waals surface area contributed by atoms with E-state index >= 15 is 0 Å². The van der Waals surface area contributed by atoms with E-state index in [-0.39, 0.29) is 0 Å². The van der Waals surface area contributed by atoms with Gasteiger partial charge in [-0.05, 0) is 29.9 Å². The molecule has 0 nitrogen and oxygen atoms in total. The minimum Gasteiger partial charge on any atom is -0.0654 e. The molecule has 90 valence electrons. The predicted molar refractivity (Wildman–Crippen MR) is 72.8 cm³/mol. The van der Waals surface area contributed by atoms with Crippen LogP contribution in [-0.2, 0) is 12.8 Å². The lowest BCUT2D eigenvalue weighted by atomic mass is 9.90. The summed E-state index contributed by atoms with van der Waals surface area (Å²) in [7, 11) is 0. The third kappa shape index (κ3) is 4.38. The number of benzene rings is 1. The molecule has 1 rings (SSSR count). The molecule has 0 aromatic heterocycles. The molecule has 0 bridgehead atoms. The lowest BCUT2D eigenvalue weighted by Gasteiger charge is -2.15. The van der Waals surface area contributed by atoms with Crippen LogP contribution in [0.3, 0.4) is 0 Å². The first-order valence-corrected chi connectivity index (χ1v) is 6.87. The van der Waals surface area contributed by atoms with Gasteiger partial charge in [0.2, 0.25) is 0 Å². The Kier molecular flexibility index (Phi) is 6.22. The highest BCUT2D eigenvalue weighted by atomic mass is 14.1. The van der Waals surface area contributed by atoms with Crippen molar-refractivity contribution in [1.82, 2.24) is 0 Å². The number of rotatable bonds is 7. The van der Waals surface area contributed by atoms with Crippen molar-refractivity contribution in [2.45, 2.75) is 59.3 Å². The quantitative estimate of drug-likeness (QED) is 0.603. The predicted octanol–water partition coefficient (Wildman–Crippen LogP) is 5.01. The largest absolute Gasteiger partial charge is 0.0654 e. The van der Waals surface area contributed by atoms with Gasteiger partial charge in [-0.3, -0.25) is 0 Å². The summed E-state index contributed by atoms with van der Waals surface area (Å²) in [5, 5.41) is 0. The Labute approximate surface area is 101 Å². The van der Waals surface area contributed by atoms with Crippen LogP contribution in [0.25, 0.3) is 0 Å². The Morgan fingerprint density at radius 1 is 0.938 bits per heavy atom. The standard InChI is InChI=1S/C16H26/c1-4-8-15(9-5-2)13-16-11-7-10-14(6-3)12-16/h7,10-12,15H,4-6,8-9,13H2,1-3H3. The van der Waals surface area contributed by atoms with Crippen LogP contribution in [0.15, 0.2) is 24.3 Å². The van der Waals surface area contributed by atoms with Crippen LogP contribution in [0.5, 0.6) is 0 Å². The zero-order valence-electron chi connectivity index (χ0n) is 11.1. The van der Waals surface area contributed by atoms with Gasteiger partial charge in [-0.25, -0.2) is 0 Å². The lowest BCUT2D eigenvalue weighted by Crippen LogP contribution is -2.04. The fourth-order valence-electron chi connectivity index (χ4n) is 2.47. The lowest BCUT2D eigenvalue weighted by molar-refractivity contribution is 0.438. The van der Waals surface area contributed by atoms with Gasteiger partial charge in [0.25, 0.3) is 0 Å². The molecule has 0 atom stereocenters. The second-order valence-electron chi connectivity index (χ2n) is 4.82. The van der Waals surface area contributed by atoms with Crippen molar-refractivity contribution < 1.29 is 0 Å². The molecule has 1 aromatic rings. The van der Waals surface area contributed by atoms with Gasteiger partial charge < -0.3 is 0 Å². The average Bonchev–Trinajstić information content (AvgIpc) is 2.30. The molecule has 0 saturated heterocycles. The van der Waals surface area contributed by atoms with Crippen molar-refractivity contribution in [3.05, 3.63) is 35.4 Å². The first kappa shape index (κ1) is 13.3. The molecule has 0 heterocycles. The third-order valence-electron chi connectivity index (χ3n) is 3.32. The van der Waals surface area contributed by atoms with E-state index < -0.39 is 0 Å². The van der Waals surface area contributed by atoms with Gasteiger partial charge in [-0.2, -0.15) is 0 Å². The molecule has 0 N–H and O–H groups in total. The summed E-state index contributed by atoms with van der Waals surface area (Å²) < 4.78 is 0. The van der Waals surface area contributed by atoms with Crippen molar-refractivity contribution in [2.75, 3.05) is 0 Å². The van der Waals surface area contributed by atoms with Gasteiger partial charge in [0.15, 0.2) is 0 Å². The topological polar surface area (TPSA) is 0 Å². The van der Waals surface area contributed by atoms with Crippen LogP contribution in [-0.4, -0.2) is 0 Å². The molecule has 0 heteroatoms. The second kappa shape index (κ2) is 7.49. The van der Waals surface area contributed by atoms with E-state index in [4.69, 9.17) is 0 Å². The van der Waals surface area contributed by atoms with Crippen molar-refractivity contribution in [2.24, 2.45) is 5.92 Å². The highest BCUT2D eigenvalue weighted by Gasteiger charge is 2.07. The molecular weight excluding hydrogens is 192 g/mol. The van der Waals surface area contributed by atoms with Gasteiger partial charge in [0, 0.05) is 0 Å². The fourth-order valence-corrected chi connectivity index (χ4v) is 2.47. The Bertz CT molecular complexity index is 282. The zero-order chi connectivity index (χ0) is 11.8. The smallest absolute Gasteiger partial charge is 0.0250 e. The van der Waals surface area contributed by atoms with Gasteiger partial charge in [0.1, 0.15) is 0 Å². The summed E-state index contributed by atoms with van der Waals surface area (Å²) in [6, 6.07) is 9.12.